The van der Waals surface area contributed by atoms with Gasteiger partial charge in [0.25, 0.3) is 0 Å². The van der Waals surface area contributed by atoms with Gasteiger partial charge in [-0.2, -0.15) is 11.3 Å². The number of hydrogen-bond donors (Lipinski definition) is 1. The van der Waals surface area contributed by atoms with Gasteiger partial charge in [0.2, 0.25) is 0 Å². The molecular weight excluding hydrogens is 290 g/mol. The number of benzene rings is 1. The standard InChI is InChI=1S/C18H21N3S/c19-10-5-2-6-11-21-14-20-17(15-7-3-1-4-8-15)18(21)16-9-12-22-13-16/h1,3-4,7-9,12-14H,2,5-6,10-11,19H2. The maximum atomic E-state index is 5.58. The van der Waals surface area contributed by atoms with Crippen molar-refractivity contribution in [3.63, 3.8) is 0 Å². The van der Waals surface area contributed by atoms with Crippen molar-refractivity contribution < 1.29 is 0 Å². The van der Waals surface area contributed by atoms with E-state index >= 15 is 0 Å². The first-order valence-corrected chi connectivity index (χ1v) is 8.67. The molecule has 0 aliphatic heterocycles. The third-order valence-electron chi connectivity index (χ3n) is 3.78. The summed E-state index contributed by atoms with van der Waals surface area (Å²) in [6.07, 6.45) is 5.36. The lowest BCUT2D eigenvalue weighted by atomic mass is 10.1. The minimum absolute atomic E-state index is 0.774. The molecular formula is C18H21N3S. The zero-order valence-electron chi connectivity index (χ0n) is 12.6. The fourth-order valence-corrected chi connectivity index (χ4v) is 3.30. The Kier molecular flexibility index (Phi) is 5.03. The predicted octanol–water partition coefficient (Wildman–Crippen LogP) is 4.41. The molecule has 2 heterocycles. The molecule has 0 radical (unpaired) electrons. The normalized spacial score (nSPS) is 11.0. The fraction of sp³-hybridized carbons (Fsp3) is 0.278. The van der Waals surface area contributed by atoms with E-state index in [-0.39, 0.29) is 0 Å². The summed E-state index contributed by atoms with van der Waals surface area (Å²) in [5.41, 5.74) is 10.3. The monoisotopic (exact) mass is 311 g/mol. The molecule has 22 heavy (non-hydrogen) atoms. The van der Waals surface area contributed by atoms with Crippen LogP contribution in [0.5, 0.6) is 0 Å². The predicted molar refractivity (Wildman–Crippen MR) is 93.9 cm³/mol. The van der Waals surface area contributed by atoms with Crippen molar-refractivity contribution in [1.29, 1.82) is 0 Å². The van der Waals surface area contributed by atoms with Gasteiger partial charge in [0.05, 0.1) is 17.7 Å². The highest BCUT2D eigenvalue weighted by molar-refractivity contribution is 7.08. The van der Waals surface area contributed by atoms with Gasteiger partial charge >= 0.3 is 0 Å². The highest BCUT2D eigenvalue weighted by Crippen LogP contribution is 2.32. The van der Waals surface area contributed by atoms with Crippen molar-refractivity contribution in [3.05, 3.63) is 53.5 Å². The number of hydrogen-bond acceptors (Lipinski definition) is 3. The Balaban J connectivity index is 1.92. The summed E-state index contributed by atoms with van der Waals surface area (Å²) in [5.74, 6) is 0. The Labute approximate surface area is 135 Å². The maximum Gasteiger partial charge on any atom is 0.0963 e. The van der Waals surface area contributed by atoms with Crippen LogP contribution in [0.1, 0.15) is 19.3 Å². The van der Waals surface area contributed by atoms with E-state index in [1.807, 2.05) is 12.4 Å². The molecule has 3 nitrogen and oxygen atoms in total. The molecule has 0 fully saturated rings. The van der Waals surface area contributed by atoms with Gasteiger partial charge in [0, 0.05) is 23.1 Å². The van der Waals surface area contributed by atoms with Crippen molar-refractivity contribution >= 4 is 11.3 Å². The summed E-state index contributed by atoms with van der Waals surface area (Å²) in [5, 5.41) is 4.32. The van der Waals surface area contributed by atoms with Gasteiger partial charge in [-0.15, -0.1) is 0 Å². The molecule has 0 spiro atoms. The molecule has 0 amide bonds. The van der Waals surface area contributed by atoms with Gasteiger partial charge in [-0.25, -0.2) is 4.98 Å². The van der Waals surface area contributed by atoms with Crippen LogP contribution in [0.25, 0.3) is 22.5 Å². The quantitative estimate of drug-likeness (QED) is 0.657. The van der Waals surface area contributed by atoms with Crippen LogP contribution in [0.2, 0.25) is 0 Å². The molecule has 3 aromatic rings. The summed E-state index contributed by atoms with van der Waals surface area (Å²) < 4.78 is 2.28. The summed E-state index contributed by atoms with van der Waals surface area (Å²) >= 11 is 1.72. The first-order valence-electron chi connectivity index (χ1n) is 7.73. The van der Waals surface area contributed by atoms with E-state index in [1.165, 1.54) is 23.2 Å². The molecule has 4 heteroatoms. The van der Waals surface area contributed by atoms with E-state index in [9.17, 15) is 0 Å². The third kappa shape index (κ3) is 3.29. The SMILES string of the molecule is NCCCCCn1cnc(-c2ccccc2)c1-c1ccsc1. The first-order chi connectivity index (χ1) is 10.9. The number of aryl methyl sites for hydroxylation is 1. The smallest absolute Gasteiger partial charge is 0.0963 e. The molecule has 0 saturated heterocycles. The van der Waals surface area contributed by atoms with Crippen LogP contribution in [0.15, 0.2) is 53.5 Å². The number of imidazole rings is 1. The Morgan fingerprint density at radius 2 is 1.86 bits per heavy atom. The highest BCUT2D eigenvalue weighted by atomic mass is 32.1. The Morgan fingerprint density at radius 3 is 2.59 bits per heavy atom. The number of rotatable bonds is 7. The van der Waals surface area contributed by atoms with E-state index in [1.54, 1.807) is 11.3 Å². The lowest BCUT2D eigenvalue weighted by Gasteiger charge is -2.09. The summed E-state index contributed by atoms with van der Waals surface area (Å²) in [6.45, 7) is 1.77. The largest absolute Gasteiger partial charge is 0.330 e. The van der Waals surface area contributed by atoms with Crippen molar-refractivity contribution in [2.75, 3.05) is 6.54 Å². The number of thiophene rings is 1. The fourth-order valence-electron chi connectivity index (χ4n) is 2.66. The van der Waals surface area contributed by atoms with Crippen molar-refractivity contribution in [2.45, 2.75) is 25.8 Å². The van der Waals surface area contributed by atoms with Crippen LogP contribution in [-0.4, -0.2) is 16.1 Å². The molecule has 0 saturated carbocycles. The van der Waals surface area contributed by atoms with Crippen LogP contribution >= 0.6 is 11.3 Å². The van der Waals surface area contributed by atoms with E-state index < -0.39 is 0 Å². The van der Waals surface area contributed by atoms with Crippen LogP contribution in [0.3, 0.4) is 0 Å². The number of nitrogens with zero attached hydrogens (tertiary/aromatic N) is 2. The molecule has 0 aliphatic carbocycles. The van der Waals surface area contributed by atoms with E-state index in [2.05, 4.69) is 50.6 Å². The molecule has 1 aromatic carbocycles. The van der Waals surface area contributed by atoms with Gasteiger partial charge in [0.15, 0.2) is 0 Å². The van der Waals surface area contributed by atoms with Gasteiger partial charge in [-0.05, 0) is 30.8 Å². The second-order valence-corrected chi connectivity index (χ2v) is 6.14. The van der Waals surface area contributed by atoms with E-state index in [0.29, 0.717) is 0 Å². The first kappa shape index (κ1) is 15.0. The Morgan fingerprint density at radius 1 is 1.00 bits per heavy atom. The zero-order chi connectivity index (χ0) is 15.2. The molecule has 0 bridgehead atoms. The minimum Gasteiger partial charge on any atom is -0.330 e. The second kappa shape index (κ2) is 7.38. The van der Waals surface area contributed by atoms with Crippen molar-refractivity contribution in [3.8, 4) is 22.5 Å². The average Bonchev–Trinajstić information content (AvgIpc) is 3.21. The van der Waals surface area contributed by atoms with Gasteiger partial charge in [0.1, 0.15) is 0 Å². The average molecular weight is 311 g/mol. The molecule has 0 aliphatic rings. The molecule has 2 N–H and O–H groups in total. The molecule has 0 atom stereocenters. The Hall–Kier alpha value is -1.91. The van der Waals surface area contributed by atoms with E-state index in [4.69, 9.17) is 5.73 Å². The lowest BCUT2D eigenvalue weighted by molar-refractivity contribution is 0.594. The van der Waals surface area contributed by atoms with Gasteiger partial charge < -0.3 is 10.3 Å². The third-order valence-corrected chi connectivity index (χ3v) is 4.47. The number of aromatic nitrogens is 2. The minimum atomic E-state index is 0.774. The highest BCUT2D eigenvalue weighted by Gasteiger charge is 2.14. The molecule has 2 aromatic heterocycles. The van der Waals surface area contributed by atoms with E-state index in [0.717, 1.165) is 31.6 Å². The summed E-state index contributed by atoms with van der Waals surface area (Å²) in [7, 11) is 0. The second-order valence-electron chi connectivity index (χ2n) is 5.36. The van der Waals surface area contributed by atoms with Crippen LogP contribution in [0.4, 0.5) is 0 Å². The summed E-state index contributed by atoms with van der Waals surface area (Å²) in [4.78, 5) is 4.68. The lowest BCUT2D eigenvalue weighted by Crippen LogP contribution is -2.02. The molecule has 0 unspecified atom stereocenters. The van der Waals surface area contributed by atoms with Crippen molar-refractivity contribution in [1.82, 2.24) is 9.55 Å². The summed E-state index contributed by atoms with van der Waals surface area (Å²) in [6, 6.07) is 12.6. The van der Waals surface area contributed by atoms with Crippen LogP contribution in [-0.2, 0) is 6.54 Å². The van der Waals surface area contributed by atoms with Crippen LogP contribution in [0, 0.1) is 0 Å². The zero-order valence-corrected chi connectivity index (χ0v) is 13.4. The van der Waals surface area contributed by atoms with Crippen LogP contribution < -0.4 is 5.73 Å². The number of unbranched alkanes of at least 4 members (excludes halogenated alkanes) is 2. The Bertz CT molecular complexity index is 686. The van der Waals surface area contributed by atoms with Crippen molar-refractivity contribution in [2.24, 2.45) is 5.73 Å². The number of nitrogens with two attached hydrogens (primary N) is 1. The van der Waals surface area contributed by atoms with Gasteiger partial charge in [-0.3, -0.25) is 0 Å². The maximum absolute atomic E-state index is 5.58. The topological polar surface area (TPSA) is 43.8 Å². The van der Waals surface area contributed by atoms with Gasteiger partial charge in [-0.1, -0.05) is 36.8 Å². The molecule has 3 rings (SSSR count). The molecule has 114 valence electrons.